The fourth-order valence-electron chi connectivity index (χ4n) is 3.43. The molecule has 1 aliphatic carbocycles. The van der Waals surface area contributed by atoms with Crippen molar-refractivity contribution in [3.8, 4) is 0 Å². The van der Waals surface area contributed by atoms with Gasteiger partial charge in [-0.1, -0.05) is 23.7 Å². The highest BCUT2D eigenvalue weighted by Gasteiger charge is 2.42. The van der Waals surface area contributed by atoms with Gasteiger partial charge in [-0.2, -0.15) is 0 Å². The summed E-state index contributed by atoms with van der Waals surface area (Å²) >= 11 is 6.04. The number of fused-ring (bicyclic) bond motifs is 1. The predicted octanol–water partition coefficient (Wildman–Crippen LogP) is 2.23. The van der Waals surface area contributed by atoms with Gasteiger partial charge in [0.2, 0.25) is 0 Å². The molecule has 3 nitrogen and oxygen atoms in total. The molecular formula is C15H18ClNO2. The molecule has 0 radical (unpaired) electrons. The molecule has 0 aromatic heterocycles. The molecule has 1 aromatic carbocycles. The number of carbonyl (C=O) groups excluding carboxylic acids is 1. The number of nitrogens with zero attached hydrogens (tertiary/aromatic N) is 1. The van der Waals surface area contributed by atoms with Crippen molar-refractivity contribution in [1.29, 1.82) is 0 Å². The van der Waals surface area contributed by atoms with E-state index in [-0.39, 0.29) is 11.9 Å². The number of aliphatic hydroxyl groups is 1. The first-order chi connectivity index (χ1) is 9.15. The lowest BCUT2D eigenvalue weighted by Gasteiger charge is -2.17. The summed E-state index contributed by atoms with van der Waals surface area (Å²) in [5.74, 6) is 0.994. The molecule has 19 heavy (non-hydrogen) atoms. The Balaban J connectivity index is 1.64. The first-order valence-corrected chi connectivity index (χ1v) is 7.21. The average Bonchev–Trinajstić information content (AvgIpc) is 2.92. The predicted molar refractivity (Wildman–Crippen MR) is 74.4 cm³/mol. The molecule has 1 saturated heterocycles. The van der Waals surface area contributed by atoms with Gasteiger partial charge in [-0.3, -0.25) is 9.69 Å². The molecule has 4 heteroatoms. The van der Waals surface area contributed by atoms with Crippen LogP contribution in [0, 0.1) is 11.8 Å². The number of carbonyl (C=O) groups is 1. The van der Waals surface area contributed by atoms with Crippen LogP contribution in [-0.2, 0) is 0 Å². The van der Waals surface area contributed by atoms with Crippen molar-refractivity contribution in [3.63, 3.8) is 0 Å². The molecule has 3 atom stereocenters. The fourth-order valence-corrected chi connectivity index (χ4v) is 3.67. The zero-order valence-corrected chi connectivity index (χ0v) is 11.5. The first kappa shape index (κ1) is 13.1. The van der Waals surface area contributed by atoms with Crippen LogP contribution in [0.4, 0.5) is 0 Å². The SMILES string of the molecule is O=C(CN1CC2CCC(O)C2C1)c1ccccc1Cl. The smallest absolute Gasteiger partial charge is 0.178 e. The number of benzene rings is 1. The molecule has 1 N–H and O–H groups in total. The highest BCUT2D eigenvalue weighted by Crippen LogP contribution is 2.38. The van der Waals surface area contributed by atoms with E-state index in [9.17, 15) is 9.90 Å². The van der Waals surface area contributed by atoms with Crippen molar-refractivity contribution in [1.82, 2.24) is 4.90 Å². The third kappa shape index (κ3) is 2.55. The molecular weight excluding hydrogens is 262 g/mol. The molecule has 1 saturated carbocycles. The van der Waals surface area contributed by atoms with Gasteiger partial charge in [0.1, 0.15) is 0 Å². The number of Topliss-reactive ketones (excluding diaryl/α,β-unsaturated/α-hetero) is 1. The van der Waals surface area contributed by atoms with E-state index in [1.54, 1.807) is 12.1 Å². The summed E-state index contributed by atoms with van der Waals surface area (Å²) in [7, 11) is 0. The van der Waals surface area contributed by atoms with Gasteiger partial charge < -0.3 is 5.11 Å². The summed E-state index contributed by atoms with van der Waals surface area (Å²) in [4.78, 5) is 14.4. The average molecular weight is 280 g/mol. The maximum Gasteiger partial charge on any atom is 0.178 e. The summed E-state index contributed by atoms with van der Waals surface area (Å²) < 4.78 is 0. The largest absolute Gasteiger partial charge is 0.393 e. The molecule has 2 fully saturated rings. The Morgan fingerprint density at radius 2 is 2.11 bits per heavy atom. The molecule has 3 unspecified atom stereocenters. The van der Waals surface area contributed by atoms with E-state index < -0.39 is 0 Å². The van der Waals surface area contributed by atoms with Gasteiger partial charge in [-0.15, -0.1) is 0 Å². The minimum absolute atomic E-state index is 0.0695. The number of hydrogen-bond acceptors (Lipinski definition) is 3. The van der Waals surface area contributed by atoms with Crippen LogP contribution in [0.25, 0.3) is 0 Å². The van der Waals surface area contributed by atoms with Gasteiger partial charge in [0.25, 0.3) is 0 Å². The van der Waals surface area contributed by atoms with Gasteiger partial charge >= 0.3 is 0 Å². The maximum absolute atomic E-state index is 12.2. The summed E-state index contributed by atoms with van der Waals surface area (Å²) in [5.41, 5.74) is 0.599. The third-order valence-corrected chi connectivity index (χ3v) is 4.77. The summed E-state index contributed by atoms with van der Waals surface area (Å²) in [5, 5.41) is 10.4. The van der Waals surface area contributed by atoms with Crippen LogP contribution in [0.1, 0.15) is 23.2 Å². The second-order valence-electron chi connectivity index (χ2n) is 5.67. The standard InChI is InChI=1S/C15H18ClNO2/c16-13-4-2-1-3-11(13)15(19)9-17-7-10-5-6-14(18)12(10)8-17/h1-4,10,12,14,18H,5-9H2. The number of halogens is 1. The molecule has 0 spiro atoms. The summed E-state index contributed by atoms with van der Waals surface area (Å²) in [6.07, 6.45) is 1.83. The van der Waals surface area contributed by atoms with Crippen LogP contribution in [0.15, 0.2) is 24.3 Å². The van der Waals surface area contributed by atoms with E-state index >= 15 is 0 Å². The Labute approximate surface area is 118 Å². The number of aliphatic hydroxyl groups excluding tert-OH is 1. The molecule has 3 rings (SSSR count). The quantitative estimate of drug-likeness (QED) is 0.863. The lowest BCUT2D eigenvalue weighted by Crippen LogP contribution is -2.30. The highest BCUT2D eigenvalue weighted by atomic mass is 35.5. The molecule has 0 amide bonds. The number of ketones is 1. The Bertz CT molecular complexity index is 491. The van der Waals surface area contributed by atoms with Gasteiger partial charge in [0.15, 0.2) is 5.78 Å². The van der Waals surface area contributed by atoms with Crippen molar-refractivity contribution in [2.75, 3.05) is 19.6 Å². The zero-order valence-electron chi connectivity index (χ0n) is 10.8. The van der Waals surface area contributed by atoms with E-state index in [0.29, 0.717) is 29.0 Å². The molecule has 102 valence electrons. The normalized spacial score (nSPS) is 30.5. The van der Waals surface area contributed by atoms with Crippen molar-refractivity contribution in [2.45, 2.75) is 18.9 Å². The fraction of sp³-hybridized carbons (Fsp3) is 0.533. The van der Waals surface area contributed by atoms with Gasteiger partial charge in [-0.05, 0) is 30.9 Å². The minimum atomic E-state index is -0.176. The number of likely N-dealkylation sites (tertiary alicyclic amines) is 1. The van der Waals surface area contributed by atoms with Crippen molar-refractivity contribution in [2.24, 2.45) is 11.8 Å². The van der Waals surface area contributed by atoms with E-state index in [1.165, 1.54) is 0 Å². The van der Waals surface area contributed by atoms with E-state index in [1.807, 2.05) is 12.1 Å². The molecule has 1 aliphatic heterocycles. The van der Waals surface area contributed by atoms with Crippen molar-refractivity contribution < 1.29 is 9.90 Å². The molecule has 1 heterocycles. The van der Waals surface area contributed by atoms with Crippen LogP contribution in [0.5, 0.6) is 0 Å². The van der Waals surface area contributed by atoms with E-state index in [2.05, 4.69) is 4.90 Å². The maximum atomic E-state index is 12.2. The second kappa shape index (κ2) is 5.23. The van der Waals surface area contributed by atoms with Crippen molar-refractivity contribution >= 4 is 17.4 Å². The summed E-state index contributed by atoms with van der Waals surface area (Å²) in [6.45, 7) is 2.17. The van der Waals surface area contributed by atoms with E-state index in [0.717, 1.165) is 25.9 Å². The molecule has 2 aliphatic rings. The zero-order chi connectivity index (χ0) is 13.4. The van der Waals surface area contributed by atoms with E-state index in [4.69, 9.17) is 11.6 Å². The van der Waals surface area contributed by atoms with Crippen LogP contribution in [0.3, 0.4) is 0 Å². The van der Waals surface area contributed by atoms with Gasteiger partial charge in [0.05, 0.1) is 17.7 Å². The molecule has 1 aromatic rings. The first-order valence-electron chi connectivity index (χ1n) is 6.83. The Kier molecular flexibility index (Phi) is 3.61. The van der Waals surface area contributed by atoms with Gasteiger partial charge in [-0.25, -0.2) is 0 Å². The lowest BCUT2D eigenvalue weighted by molar-refractivity contribution is 0.0920. The third-order valence-electron chi connectivity index (χ3n) is 4.44. The minimum Gasteiger partial charge on any atom is -0.393 e. The van der Waals surface area contributed by atoms with Crippen LogP contribution in [0.2, 0.25) is 5.02 Å². The number of rotatable bonds is 3. The van der Waals surface area contributed by atoms with Crippen molar-refractivity contribution in [3.05, 3.63) is 34.9 Å². The Morgan fingerprint density at radius 1 is 1.32 bits per heavy atom. The Hall–Kier alpha value is -0.900. The lowest BCUT2D eigenvalue weighted by atomic mass is 10.00. The second-order valence-corrected chi connectivity index (χ2v) is 6.07. The summed E-state index contributed by atoms with van der Waals surface area (Å²) in [6, 6.07) is 7.19. The van der Waals surface area contributed by atoms with Crippen LogP contribution < -0.4 is 0 Å². The highest BCUT2D eigenvalue weighted by molar-refractivity contribution is 6.34. The molecule has 0 bridgehead atoms. The van der Waals surface area contributed by atoms with Crippen LogP contribution >= 0.6 is 11.6 Å². The Morgan fingerprint density at radius 3 is 2.84 bits per heavy atom. The monoisotopic (exact) mass is 279 g/mol. The van der Waals surface area contributed by atoms with Gasteiger partial charge in [0, 0.05) is 24.6 Å². The number of hydrogen-bond donors (Lipinski definition) is 1. The van der Waals surface area contributed by atoms with Crippen LogP contribution in [-0.4, -0.2) is 41.5 Å². The topological polar surface area (TPSA) is 40.5 Å².